The Bertz CT molecular complexity index is 1160. The van der Waals surface area contributed by atoms with Crippen molar-refractivity contribution in [2.75, 3.05) is 55.4 Å². The van der Waals surface area contributed by atoms with E-state index in [1.165, 1.54) is 18.0 Å². The highest BCUT2D eigenvalue weighted by atomic mass is 35.5. The van der Waals surface area contributed by atoms with Gasteiger partial charge in [0, 0.05) is 50.1 Å². The van der Waals surface area contributed by atoms with Crippen LogP contribution < -0.4 is 9.80 Å². The number of aliphatic hydroxyl groups is 1. The number of anilines is 2. The summed E-state index contributed by atoms with van der Waals surface area (Å²) in [6.07, 6.45) is 7.85. The largest absolute Gasteiger partial charge is 0.390 e. The molecule has 3 aliphatic heterocycles. The zero-order valence-electron chi connectivity index (χ0n) is 19.0. The van der Waals surface area contributed by atoms with E-state index in [9.17, 15) is 13.5 Å². The highest BCUT2D eigenvalue weighted by Crippen LogP contribution is 2.41. The standard InChI is InChI=1S/C22H28ClN5O4S2/c1-34(30,31)15-11-28(12-15)21-19(23)17(2-6-24-21)33-18-10-25-20(16(13-29)26-18)27-7-3-22(4-8-27)5-9-32-14-22/h2,6,10,15,29H,3-5,7-9,11-14H2,1H3. The molecule has 3 fully saturated rings. The fourth-order valence-electron chi connectivity index (χ4n) is 4.77. The lowest BCUT2D eigenvalue weighted by Gasteiger charge is -2.39. The van der Waals surface area contributed by atoms with Crippen molar-refractivity contribution >= 4 is 44.8 Å². The van der Waals surface area contributed by atoms with E-state index in [2.05, 4.69) is 19.9 Å². The molecule has 5 rings (SSSR count). The smallest absolute Gasteiger partial charge is 0.153 e. The third kappa shape index (κ3) is 4.73. The zero-order valence-corrected chi connectivity index (χ0v) is 21.4. The third-order valence-electron chi connectivity index (χ3n) is 7.06. The van der Waals surface area contributed by atoms with E-state index in [0.29, 0.717) is 40.1 Å². The molecule has 0 unspecified atom stereocenters. The number of sulfone groups is 1. The molecule has 0 aliphatic carbocycles. The van der Waals surface area contributed by atoms with Crippen LogP contribution in [0.2, 0.25) is 5.02 Å². The van der Waals surface area contributed by atoms with Crippen molar-refractivity contribution in [1.82, 2.24) is 15.0 Å². The van der Waals surface area contributed by atoms with Crippen molar-refractivity contribution in [3.8, 4) is 0 Å². The average molecular weight is 526 g/mol. The lowest BCUT2D eigenvalue weighted by Crippen LogP contribution is -2.55. The van der Waals surface area contributed by atoms with Crippen molar-refractivity contribution in [2.45, 2.75) is 41.0 Å². The van der Waals surface area contributed by atoms with E-state index in [0.717, 1.165) is 56.3 Å². The number of halogens is 1. The Labute approximate surface area is 208 Å². The van der Waals surface area contributed by atoms with Crippen LogP contribution >= 0.6 is 23.4 Å². The molecule has 3 saturated heterocycles. The van der Waals surface area contributed by atoms with Crippen LogP contribution in [-0.2, 0) is 21.2 Å². The molecule has 0 amide bonds. The van der Waals surface area contributed by atoms with E-state index < -0.39 is 15.1 Å². The van der Waals surface area contributed by atoms with E-state index in [1.807, 2.05) is 4.90 Å². The Balaban J connectivity index is 1.29. The first kappa shape index (κ1) is 24.1. The van der Waals surface area contributed by atoms with Gasteiger partial charge in [-0.2, -0.15) is 0 Å². The molecular weight excluding hydrogens is 498 g/mol. The Kier molecular flexibility index (Phi) is 6.66. The lowest BCUT2D eigenvalue weighted by atomic mass is 9.78. The summed E-state index contributed by atoms with van der Waals surface area (Å²) in [7, 11) is -3.08. The zero-order chi connectivity index (χ0) is 23.9. The second kappa shape index (κ2) is 9.42. The van der Waals surface area contributed by atoms with Crippen molar-refractivity contribution < 1.29 is 18.3 Å². The molecule has 0 bridgehead atoms. The van der Waals surface area contributed by atoms with Crippen LogP contribution in [-0.4, -0.2) is 79.4 Å². The van der Waals surface area contributed by atoms with Gasteiger partial charge in [0.2, 0.25) is 0 Å². The van der Waals surface area contributed by atoms with Gasteiger partial charge in [-0.3, -0.25) is 0 Å². The molecule has 0 atom stereocenters. The molecule has 9 nitrogen and oxygen atoms in total. The molecule has 1 spiro atoms. The number of rotatable bonds is 6. The molecule has 184 valence electrons. The summed E-state index contributed by atoms with van der Waals surface area (Å²) in [6.45, 7) is 4.01. The Morgan fingerprint density at radius 2 is 1.97 bits per heavy atom. The Hall–Kier alpha value is -1.66. The van der Waals surface area contributed by atoms with Crippen LogP contribution in [0.3, 0.4) is 0 Å². The fraction of sp³-hybridized carbons (Fsp3) is 0.591. The van der Waals surface area contributed by atoms with Gasteiger partial charge < -0.3 is 19.6 Å². The molecule has 0 radical (unpaired) electrons. The Morgan fingerprint density at radius 1 is 1.21 bits per heavy atom. The molecule has 12 heteroatoms. The normalized spacial score (nSPS) is 20.7. The summed E-state index contributed by atoms with van der Waals surface area (Å²) < 4.78 is 29.1. The van der Waals surface area contributed by atoms with Gasteiger partial charge in [-0.1, -0.05) is 23.4 Å². The van der Waals surface area contributed by atoms with E-state index in [-0.39, 0.29) is 6.61 Å². The van der Waals surface area contributed by atoms with Gasteiger partial charge in [0.05, 0.1) is 29.7 Å². The highest BCUT2D eigenvalue weighted by Gasteiger charge is 2.39. The van der Waals surface area contributed by atoms with Gasteiger partial charge >= 0.3 is 0 Å². The molecule has 1 N–H and O–H groups in total. The van der Waals surface area contributed by atoms with Crippen LogP contribution in [0.4, 0.5) is 11.6 Å². The second-order valence-corrected chi connectivity index (χ2v) is 13.1. The maximum absolute atomic E-state index is 11.7. The minimum atomic E-state index is -3.08. The van der Waals surface area contributed by atoms with Gasteiger partial charge in [0.15, 0.2) is 15.7 Å². The predicted octanol–water partition coefficient (Wildman–Crippen LogP) is 2.41. The molecule has 2 aromatic heterocycles. The number of ether oxygens (including phenoxy) is 1. The van der Waals surface area contributed by atoms with Crippen LogP contribution in [0.25, 0.3) is 0 Å². The van der Waals surface area contributed by atoms with Crippen molar-refractivity contribution in [2.24, 2.45) is 5.41 Å². The van der Waals surface area contributed by atoms with Crippen LogP contribution in [0.5, 0.6) is 0 Å². The SMILES string of the molecule is CS(=O)(=O)C1CN(c2nccc(Sc3cnc(N4CCC5(CCOC5)CC4)c(CO)n3)c2Cl)C1. The summed E-state index contributed by atoms with van der Waals surface area (Å²) in [5.41, 5.74) is 0.847. The van der Waals surface area contributed by atoms with Gasteiger partial charge in [-0.15, -0.1) is 0 Å². The van der Waals surface area contributed by atoms with Gasteiger partial charge in [-0.05, 0) is 30.7 Å². The van der Waals surface area contributed by atoms with E-state index in [4.69, 9.17) is 16.3 Å². The third-order valence-corrected chi connectivity index (χ3v) is 10.0. The number of aromatic nitrogens is 3. The van der Waals surface area contributed by atoms with Crippen molar-refractivity contribution in [3.63, 3.8) is 0 Å². The maximum Gasteiger partial charge on any atom is 0.153 e. The van der Waals surface area contributed by atoms with Crippen LogP contribution in [0, 0.1) is 5.41 Å². The average Bonchev–Trinajstić information content (AvgIpc) is 3.23. The molecule has 0 saturated carbocycles. The summed E-state index contributed by atoms with van der Waals surface area (Å²) in [6, 6.07) is 1.80. The predicted molar refractivity (Wildman–Crippen MR) is 131 cm³/mol. The van der Waals surface area contributed by atoms with Crippen molar-refractivity contribution in [1.29, 1.82) is 0 Å². The number of hydrogen-bond donors (Lipinski definition) is 1. The maximum atomic E-state index is 11.7. The molecule has 3 aliphatic rings. The topological polar surface area (TPSA) is 109 Å². The summed E-state index contributed by atoms with van der Waals surface area (Å²) in [5, 5.41) is 10.7. The summed E-state index contributed by atoms with van der Waals surface area (Å²) in [4.78, 5) is 18.5. The summed E-state index contributed by atoms with van der Waals surface area (Å²) in [5.74, 6) is 1.30. The quantitative estimate of drug-likeness (QED) is 0.603. The summed E-state index contributed by atoms with van der Waals surface area (Å²) >= 11 is 7.97. The second-order valence-electron chi connectivity index (χ2n) is 9.33. The van der Waals surface area contributed by atoms with E-state index in [1.54, 1.807) is 18.5 Å². The number of nitrogens with zero attached hydrogens (tertiary/aromatic N) is 5. The Morgan fingerprint density at radius 3 is 2.62 bits per heavy atom. The van der Waals surface area contributed by atoms with Gasteiger partial charge in [0.1, 0.15) is 16.5 Å². The molecule has 34 heavy (non-hydrogen) atoms. The number of aliphatic hydroxyl groups excluding tert-OH is 1. The fourth-order valence-corrected chi connectivity index (χ4v) is 6.81. The lowest BCUT2D eigenvalue weighted by molar-refractivity contribution is 0.133. The number of pyridine rings is 1. The van der Waals surface area contributed by atoms with Crippen LogP contribution in [0.1, 0.15) is 25.0 Å². The molecule has 0 aromatic carbocycles. The first-order valence-electron chi connectivity index (χ1n) is 11.3. The van der Waals surface area contributed by atoms with Crippen molar-refractivity contribution in [3.05, 3.63) is 29.2 Å². The first-order chi connectivity index (χ1) is 16.3. The number of piperidine rings is 1. The van der Waals surface area contributed by atoms with Gasteiger partial charge in [-0.25, -0.2) is 23.4 Å². The van der Waals surface area contributed by atoms with Crippen LogP contribution in [0.15, 0.2) is 28.4 Å². The van der Waals surface area contributed by atoms with Gasteiger partial charge in [0.25, 0.3) is 0 Å². The number of hydrogen-bond acceptors (Lipinski definition) is 10. The minimum absolute atomic E-state index is 0.197. The first-order valence-corrected chi connectivity index (χ1v) is 14.5. The molecule has 5 heterocycles. The minimum Gasteiger partial charge on any atom is -0.390 e. The monoisotopic (exact) mass is 525 g/mol. The molecular formula is C22H28ClN5O4S2. The molecule has 2 aromatic rings. The highest BCUT2D eigenvalue weighted by molar-refractivity contribution is 7.99. The van der Waals surface area contributed by atoms with E-state index >= 15 is 0 Å².